The molecule has 8 heteroatoms. The normalized spacial score (nSPS) is 11.6. The second-order valence-corrected chi connectivity index (χ2v) is 6.58. The fourth-order valence-corrected chi connectivity index (χ4v) is 3.15. The first-order chi connectivity index (χ1) is 9.81. The predicted octanol–water partition coefficient (Wildman–Crippen LogP) is 2.24. The zero-order valence-electron chi connectivity index (χ0n) is 11.1. The molecule has 21 heavy (non-hydrogen) atoms. The third-order valence-electron chi connectivity index (χ3n) is 2.90. The molecule has 5 nitrogen and oxygen atoms in total. The summed E-state index contributed by atoms with van der Waals surface area (Å²) in [7, 11) is -4.06. The minimum absolute atomic E-state index is 0.0164. The van der Waals surface area contributed by atoms with Crippen molar-refractivity contribution < 1.29 is 12.8 Å². The number of halogens is 2. The van der Waals surface area contributed by atoms with Crippen LogP contribution in [0.4, 0.5) is 10.1 Å². The number of anilines is 1. The fraction of sp³-hybridized carbons (Fsp3) is 0.154. The zero-order valence-corrected chi connectivity index (χ0v) is 12.7. The summed E-state index contributed by atoms with van der Waals surface area (Å²) >= 11 is 5.61. The van der Waals surface area contributed by atoms with Crippen LogP contribution in [0.2, 0.25) is 5.02 Å². The van der Waals surface area contributed by atoms with Crippen LogP contribution >= 0.6 is 11.6 Å². The van der Waals surface area contributed by atoms with E-state index >= 15 is 0 Å². The molecule has 112 valence electrons. The first-order valence-electron chi connectivity index (χ1n) is 5.95. The monoisotopic (exact) mass is 329 g/mol. The molecule has 1 aromatic heterocycles. The van der Waals surface area contributed by atoms with E-state index in [4.69, 9.17) is 17.3 Å². The van der Waals surface area contributed by atoms with Gasteiger partial charge in [0.1, 0.15) is 4.90 Å². The number of nitrogens with two attached hydrogens (primary N) is 1. The maximum atomic E-state index is 13.9. The van der Waals surface area contributed by atoms with Crippen LogP contribution in [0.3, 0.4) is 0 Å². The van der Waals surface area contributed by atoms with Crippen molar-refractivity contribution in [2.45, 2.75) is 18.4 Å². The van der Waals surface area contributed by atoms with Gasteiger partial charge in [0.2, 0.25) is 10.0 Å². The Kier molecular flexibility index (Phi) is 4.46. The van der Waals surface area contributed by atoms with E-state index in [9.17, 15) is 12.8 Å². The first-order valence-corrected chi connectivity index (χ1v) is 7.81. The summed E-state index contributed by atoms with van der Waals surface area (Å²) in [5, 5.41) is -0.338. The molecule has 2 aromatic rings. The van der Waals surface area contributed by atoms with E-state index in [1.54, 1.807) is 25.4 Å². The van der Waals surface area contributed by atoms with Crippen molar-refractivity contribution in [3.8, 4) is 0 Å². The molecule has 0 aliphatic rings. The topological polar surface area (TPSA) is 85.1 Å². The van der Waals surface area contributed by atoms with Crippen molar-refractivity contribution >= 4 is 27.3 Å². The molecular weight excluding hydrogens is 317 g/mol. The van der Waals surface area contributed by atoms with Gasteiger partial charge in [0.25, 0.3) is 0 Å². The summed E-state index contributed by atoms with van der Waals surface area (Å²) in [6.07, 6.45) is 3.16. The maximum Gasteiger partial charge on any atom is 0.243 e. The van der Waals surface area contributed by atoms with Gasteiger partial charge in [-0.3, -0.25) is 4.98 Å². The Morgan fingerprint density at radius 1 is 1.43 bits per heavy atom. The second kappa shape index (κ2) is 5.97. The molecule has 0 radical (unpaired) electrons. The number of benzene rings is 1. The molecule has 0 bridgehead atoms. The van der Waals surface area contributed by atoms with Crippen molar-refractivity contribution in [2.75, 3.05) is 5.73 Å². The molecule has 1 aromatic carbocycles. The Morgan fingerprint density at radius 2 is 2.14 bits per heavy atom. The largest absolute Gasteiger partial charge is 0.399 e. The van der Waals surface area contributed by atoms with Crippen LogP contribution in [0.15, 0.2) is 35.5 Å². The lowest BCUT2D eigenvalue weighted by molar-refractivity contribution is 0.557. The standard InChI is InChI=1S/C13H13ClFN3O2S/c1-8-6-17-3-2-9(8)7-18-21(19,20)12-5-10(16)4-11(14)13(12)15/h2-6,18H,7,16H2,1H3. The van der Waals surface area contributed by atoms with Gasteiger partial charge in [-0.05, 0) is 36.2 Å². The van der Waals surface area contributed by atoms with E-state index in [1.165, 1.54) is 0 Å². The summed E-state index contributed by atoms with van der Waals surface area (Å²) in [6, 6.07) is 3.87. The van der Waals surface area contributed by atoms with Gasteiger partial charge in [-0.2, -0.15) is 0 Å². The summed E-state index contributed by atoms with van der Waals surface area (Å²) in [4.78, 5) is 3.34. The number of aryl methyl sites for hydroxylation is 1. The number of nitrogens with one attached hydrogen (secondary N) is 1. The van der Waals surface area contributed by atoms with Crippen LogP contribution < -0.4 is 10.5 Å². The quantitative estimate of drug-likeness (QED) is 0.842. The average molecular weight is 330 g/mol. The fourth-order valence-electron chi connectivity index (χ4n) is 1.73. The van der Waals surface area contributed by atoms with E-state index in [0.717, 1.165) is 23.3 Å². The molecule has 0 aliphatic heterocycles. The van der Waals surface area contributed by atoms with Gasteiger partial charge in [0.05, 0.1) is 5.02 Å². The van der Waals surface area contributed by atoms with E-state index in [2.05, 4.69) is 9.71 Å². The summed E-state index contributed by atoms with van der Waals surface area (Å²) < 4.78 is 40.5. The highest BCUT2D eigenvalue weighted by Crippen LogP contribution is 2.25. The predicted molar refractivity (Wildman–Crippen MR) is 78.8 cm³/mol. The SMILES string of the molecule is Cc1cnccc1CNS(=O)(=O)c1cc(N)cc(Cl)c1F. The molecule has 0 amide bonds. The molecule has 2 rings (SSSR count). The highest BCUT2D eigenvalue weighted by atomic mass is 35.5. The zero-order chi connectivity index (χ0) is 15.6. The molecule has 0 atom stereocenters. The Balaban J connectivity index is 2.30. The van der Waals surface area contributed by atoms with Gasteiger partial charge >= 0.3 is 0 Å². The summed E-state index contributed by atoms with van der Waals surface area (Å²) in [6.45, 7) is 1.82. The van der Waals surface area contributed by atoms with Crippen LogP contribution in [0.5, 0.6) is 0 Å². The van der Waals surface area contributed by atoms with Crippen LogP contribution in [-0.2, 0) is 16.6 Å². The molecule has 1 heterocycles. The Bertz CT molecular complexity index is 781. The molecule has 0 unspecified atom stereocenters. The van der Waals surface area contributed by atoms with Crippen LogP contribution in [-0.4, -0.2) is 13.4 Å². The van der Waals surface area contributed by atoms with Crippen molar-refractivity contribution in [3.05, 3.63) is 52.6 Å². The molecule has 0 aliphatic carbocycles. The van der Waals surface area contributed by atoms with Gasteiger partial charge in [-0.1, -0.05) is 11.6 Å². The molecule has 0 spiro atoms. The van der Waals surface area contributed by atoms with Crippen molar-refractivity contribution in [3.63, 3.8) is 0 Å². The van der Waals surface area contributed by atoms with Crippen LogP contribution in [0.1, 0.15) is 11.1 Å². The molecule has 0 saturated carbocycles. The van der Waals surface area contributed by atoms with Crippen molar-refractivity contribution in [1.29, 1.82) is 0 Å². The van der Waals surface area contributed by atoms with Gasteiger partial charge < -0.3 is 5.73 Å². The van der Waals surface area contributed by atoms with Gasteiger partial charge in [0, 0.05) is 24.6 Å². The molecule has 3 N–H and O–H groups in total. The van der Waals surface area contributed by atoms with E-state index in [1.807, 2.05) is 0 Å². The Hall–Kier alpha value is -1.70. The third kappa shape index (κ3) is 3.49. The summed E-state index contributed by atoms with van der Waals surface area (Å²) in [5.74, 6) is -1.02. The highest BCUT2D eigenvalue weighted by molar-refractivity contribution is 7.89. The van der Waals surface area contributed by atoms with Crippen molar-refractivity contribution in [2.24, 2.45) is 0 Å². The number of nitrogens with zero attached hydrogens (tertiary/aromatic N) is 1. The van der Waals surface area contributed by atoms with Crippen LogP contribution in [0, 0.1) is 12.7 Å². The maximum absolute atomic E-state index is 13.9. The molecule has 0 fully saturated rings. The molecular formula is C13H13ClFN3O2S. The van der Waals surface area contributed by atoms with Crippen LogP contribution in [0.25, 0.3) is 0 Å². The van der Waals surface area contributed by atoms with Gasteiger partial charge in [-0.25, -0.2) is 17.5 Å². The number of rotatable bonds is 4. The smallest absolute Gasteiger partial charge is 0.243 e. The number of hydrogen-bond acceptors (Lipinski definition) is 4. The minimum atomic E-state index is -4.06. The number of pyridine rings is 1. The highest BCUT2D eigenvalue weighted by Gasteiger charge is 2.21. The van der Waals surface area contributed by atoms with E-state index < -0.39 is 20.7 Å². The Morgan fingerprint density at radius 3 is 2.81 bits per heavy atom. The lowest BCUT2D eigenvalue weighted by atomic mass is 10.2. The van der Waals surface area contributed by atoms with Gasteiger partial charge in [-0.15, -0.1) is 0 Å². The van der Waals surface area contributed by atoms with E-state index in [-0.39, 0.29) is 17.3 Å². The second-order valence-electron chi connectivity index (χ2n) is 4.44. The molecule has 0 saturated heterocycles. The number of aromatic nitrogens is 1. The Labute approximate surface area is 127 Å². The number of sulfonamides is 1. The minimum Gasteiger partial charge on any atom is -0.399 e. The first kappa shape index (κ1) is 15.7. The third-order valence-corrected chi connectivity index (χ3v) is 4.57. The summed E-state index contributed by atoms with van der Waals surface area (Å²) in [5.41, 5.74) is 7.14. The van der Waals surface area contributed by atoms with Crippen molar-refractivity contribution in [1.82, 2.24) is 9.71 Å². The van der Waals surface area contributed by atoms with E-state index in [0.29, 0.717) is 0 Å². The average Bonchev–Trinajstić information content (AvgIpc) is 2.42. The van der Waals surface area contributed by atoms with Gasteiger partial charge in [0.15, 0.2) is 5.82 Å². The number of hydrogen-bond donors (Lipinski definition) is 2. The lowest BCUT2D eigenvalue weighted by Gasteiger charge is -2.10. The lowest BCUT2D eigenvalue weighted by Crippen LogP contribution is -2.25. The number of nitrogen functional groups attached to an aromatic ring is 1.